The molecule has 0 fully saturated rings. The van der Waals surface area contributed by atoms with Gasteiger partial charge in [-0.1, -0.05) is 42.5 Å². The molecule has 7 rings (SSSR count). The summed E-state index contributed by atoms with van der Waals surface area (Å²) in [5.41, 5.74) is 5.48. The van der Waals surface area contributed by atoms with Crippen molar-refractivity contribution in [1.82, 2.24) is 9.88 Å². The van der Waals surface area contributed by atoms with Crippen LogP contribution in [-0.4, -0.2) is 49.1 Å². The van der Waals surface area contributed by atoms with Crippen LogP contribution in [0.15, 0.2) is 119 Å². The molecule has 3 heterocycles. The van der Waals surface area contributed by atoms with Crippen molar-refractivity contribution >= 4 is 34.2 Å². The summed E-state index contributed by atoms with van der Waals surface area (Å²) in [6, 6.07) is 28.9. The molecule has 11 nitrogen and oxygen atoms in total. The smallest absolute Gasteiger partial charge is 0.291 e. The van der Waals surface area contributed by atoms with Gasteiger partial charge in [-0.3, -0.25) is 24.3 Å². The van der Waals surface area contributed by atoms with Crippen molar-refractivity contribution in [3.63, 3.8) is 0 Å². The van der Waals surface area contributed by atoms with Crippen molar-refractivity contribution in [3.05, 3.63) is 153 Å². The lowest BCUT2D eigenvalue weighted by Gasteiger charge is -2.23. The molecule has 2 amide bonds. The third-order valence-corrected chi connectivity index (χ3v) is 9.09. The van der Waals surface area contributed by atoms with Gasteiger partial charge in [0.2, 0.25) is 0 Å². The Morgan fingerprint density at radius 1 is 0.811 bits per heavy atom. The fraction of sp³-hybridized carbons (Fsp3) is 0.190. The molecule has 0 radical (unpaired) electrons. The van der Waals surface area contributed by atoms with Crippen molar-refractivity contribution in [1.29, 1.82) is 0 Å². The second kappa shape index (κ2) is 15.8. The van der Waals surface area contributed by atoms with E-state index in [-0.39, 0.29) is 28.0 Å². The molecule has 0 atom stereocenters. The third-order valence-electron chi connectivity index (χ3n) is 9.09. The lowest BCUT2D eigenvalue weighted by atomic mass is 10.1. The van der Waals surface area contributed by atoms with Crippen LogP contribution in [0.2, 0.25) is 0 Å². The Balaban J connectivity index is 1.05. The maximum Gasteiger partial charge on any atom is 0.291 e. The number of hydrogen-bond donors (Lipinski definition) is 2. The number of aromatic nitrogens is 1. The van der Waals surface area contributed by atoms with Gasteiger partial charge in [-0.05, 0) is 71.1 Å². The van der Waals surface area contributed by atoms with Gasteiger partial charge in [-0.25, -0.2) is 0 Å². The first kappa shape index (κ1) is 35.0. The number of nitrogens with one attached hydrogen (secondary N) is 2. The van der Waals surface area contributed by atoms with Crippen molar-refractivity contribution in [2.24, 2.45) is 0 Å². The number of rotatable bonds is 13. The number of hydrogen-bond acceptors (Lipinski definition) is 9. The number of pyridine rings is 1. The Bertz CT molecular complexity index is 2320. The lowest BCUT2D eigenvalue weighted by Crippen LogP contribution is -2.25. The number of nitrogens with zero attached hydrogens (tertiary/aromatic N) is 2. The summed E-state index contributed by atoms with van der Waals surface area (Å²) >= 11 is 0. The van der Waals surface area contributed by atoms with Crippen LogP contribution < -0.4 is 30.3 Å². The minimum atomic E-state index is -0.707. The number of fused-ring (bicyclic) bond motifs is 2. The number of para-hydroxylation sites is 1. The quantitative estimate of drug-likeness (QED) is 0.132. The van der Waals surface area contributed by atoms with E-state index in [2.05, 4.69) is 44.8 Å². The van der Waals surface area contributed by atoms with E-state index < -0.39 is 11.8 Å². The Kier molecular flexibility index (Phi) is 10.4. The van der Waals surface area contributed by atoms with Gasteiger partial charge >= 0.3 is 0 Å². The maximum absolute atomic E-state index is 13.7. The summed E-state index contributed by atoms with van der Waals surface area (Å²) in [7, 11) is 2.91. The molecule has 0 bridgehead atoms. The summed E-state index contributed by atoms with van der Waals surface area (Å²) in [5, 5.41) is 5.99. The van der Waals surface area contributed by atoms with E-state index in [0.29, 0.717) is 22.6 Å². The number of carbonyl (C=O) groups excluding carboxylic acids is 2. The number of benzene rings is 4. The summed E-state index contributed by atoms with van der Waals surface area (Å²) in [4.78, 5) is 46.4. The molecule has 2 aromatic heterocycles. The first-order valence-electron chi connectivity index (χ1n) is 17.2. The van der Waals surface area contributed by atoms with Crippen LogP contribution in [0.5, 0.6) is 17.2 Å². The molecule has 6 aromatic rings. The number of anilines is 2. The summed E-state index contributed by atoms with van der Waals surface area (Å²) < 4.78 is 22.3. The monoisotopic (exact) mass is 710 g/mol. The molecule has 4 aromatic carbocycles. The highest BCUT2D eigenvalue weighted by atomic mass is 16.5. The van der Waals surface area contributed by atoms with Crippen molar-refractivity contribution in [3.8, 4) is 17.2 Å². The summed E-state index contributed by atoms with van der Waals surface area (Å²) in [5.74, 6) is 0.172. The Labute approximate surface area is 306 Å². The van der Waals surface area contributed by atoms with Gasteiger partial charge in [0.1, 0.15) is 11.3 Å². The zero-order chi connectivity index (χ0) is 36.7. The normalized spacial score (nSPS) is 11.9. The highest BCUT2D eigenvalue weighted by Crippen LogP contribution is 2.34. The van der Waals surface area contributed by atoms with Crippen LogP contribution in [0.3, 0.4) is 0 Å². The molecule has 2 N–H and O–H groups in total. The van der Waals surface area contributed by atoms with E-state index in [4.69, 9.17) is 18.6 Å². The minimum Gasteiger partial charge on any atom is -0.493 e. The zero-order valence-electron chi connectivity index (χ0n) is 29.4. The van der Waals surface area contributed by atoms with E-state index in [1.165, 1.54) is 37.5 Å². The van der Waals surface area contributed by atoms with Crippen LogP contribution in [0.1, 0.15) is 43.2 Å². The molecule has 0 saturated carbocycles. The number of carbonyl (C=O) groups is 2. The first-order chi connectivity index (χ1) is 25.9. The summed E-state index contributed by atoms with van der Waals surface area (Å²) in [6.07, 6.45) is 5.40. The van der Waals surface area contributed by atoms with E-state index in [1.54, 1.807) is 30.5 Å². The van der Waals surface area contributed by atoms with Crippen LogP contribution >= 0.6 is 0 Å². The topological polar surface area (TPSA) is 132 Å². The molecule has 0 spiro atoms. The van der Waals surface area contributed by atoms with E-state index in [1.807, 2.05) is 36.5 Å². The highest BCUT2D eigenvalue weighted by Gasteiger charge is 2.21. The predicted molar refractivity (Wildman–Crippen MR) is 202 cm³/mol. The van der Waals surface area contributed by atoms with E-state index >= 15 is 0 Å². The second-order valence-corrected chi connectivity index (χ2v) is 12.7. The number of ether oxygens (including phenoxy) is 3. The van der Waals surface area contributed by atoms with Gasteiger partial charge in [0.05, 0.1) is 37.5 Å². The van der Waals surface area contributed by atoms with Crippen molar-refractivity contribution in [2.75, 3.05) is 38.0 Å². The highest BCUT2D eigenvalue weighted by molar-refractivity contribution is 6.12. The maximum atomic E-state index is 13.7. The van der Waals surface area contributed by atoms with Crippen LogP contribution in [0.4, 0.5) is 11.4 Å². The molecule has 0 unspecified atom stereocenters. The average Bonchev–Trinajstić information content (AvgIpc) is 3.66. The van der Waals surface area contributed by atoms with Crippen LogP contribution in [0.25, 0.3) is 11.0 Å². The second-order valence-electron chi connectivity index (χ2n) is 12.7. The molecule has 53 heavy (non-hydrogen) atoms. The van der Waals surface area contributed by atoms with Crippen LogP contribution in [-0.2, 0) is 25.9 Å². The van der Waals surface area contributed by atoms with Gasteiger partial charge < -0.3 is 29.3 Å². The Hall–Kier alpha value is -6.46. The molecule has 11 heteroatoms. The van der Waals surface area contributed by atoms with Gasteiger partial charge in [-0.2, -0.15) is 0 Å². The zero-order valence-corrected chi connectivity index (χ0v) is 29.4. The van der Waals surface area contributed by atoms with Gasteiger partial charge in [0.15, 0.2) is 22.7 Å². The fourth-order valence-electron chi connectivity index (χ4n) is 6.37. The van der Waals surface area contributed by atoms with Gasteiger partial charge in [0, 0.05) is 56.3 Å². The fourth-order valence-corrected chi connectivity index (χ4v) is 6.37. The number of methoxy groups -OCH3 is 2. The van der Waals surface area contributed by atoms with Gasteiger partial charge in [0.25, 0.3) is 11.8 Å². The Morgan fingerprint density at radius 2 is 1.58 bits per heavy atom. The largest absolute Gasteiger partial charge is 0.493 e. The SMILES string of the molecule is COc1cc(NC(=O)c2cc(=O)c3ccccc3o2)c(C(=O)Nc2ccc(CCN(Cc3cccnc3)Cc3ccc4c(c3)CCO4)cc2)cc1OC. The van der Waals surface area contributed by atoms with Crippen molar-refractivity contribution < 1.29 is 28.2 Å². The van der Waals surface area contributed by atoms with Crippen molar-refractivity contribution in [2.45, 2.75) is 25.9 Å². The molecular weight excluding hydrogens is 672 g/mol. The molecule has 0 saturated heterocycles. The molecular formula is C42H38N4O7. The molecule has 1 aliphatic rings. The van der Waals surface area contributed by atoms with E-state index in [9.17, 15) is 14.4 Å². The molecule has 1 aliphatic heterocycles. The summed E-state index contributed by atoms with van der Waals surface area (Å²) in [6.45, 7) is 3.08. The average molecular weight is 711 g/mol. The minimum absolute atomic E-state index is 0.118. The predicted octanol–water partition coefficient (Wildman–Crippen LogP) is 6.89. The van der Waals surface area contributed by atoms with Crippen LogP contribution in [0, 0.1) is 0 Å². The Morgan fingerprint density at radius 3 is 2.38 bits per heavy atom. The molecule has 268 valence electrons. The van der Waals surface area contributed by atoms with E-state index in [0.717, 1.165) is 62.0 Å². The third kappa shape index (κ3) is 8.21. The molecule has 0 aliphatic carbocycles. The number of amides is 2. The first-order valence-corrected chi connectivity index (χ1v) is 17.2. The van der Waals surface area contributed by atoms with Gasteiger partial charge in [-0.15, -0.1) is 0 Å². The standard InChI is InChI=1S/C42H38N4O7/c1-50-38-21-33(34(22-39(38)51-2)45-42(49)40-23-35(47)32-7-3-4-8-37(32)53-40)41(48)44-31-12-9-27(10-13-31)15-18-46(26-29-6-5-17-43-24-29)25-28-11-14-36-30(20-28)16-19-52-36/h3-14,17,20-24H,15-16,18-19,25-26H2,1-2H3,(H,44,48)(H,45,49). The lowest BCUT2D eigenvalue weighted by molar-refractivity contribution is 0.0997.